The number of hydrogen-bond acceptors (Lipinski definition) is 4. The van der Waals surface area contributed by atoms with Crippen LogP contribution >= 0.6 is 22.7 Å². The number of nitrogens with zero attached hydrogens (tertiary/aromatic N) is 2. The van der Waals surface area contributed by atoms with Crippen LogP contribution in [0.15, 0.2) is 121 Å². The van der Waals surface area contributed by atoms with Crippen molar-refractivity contribution in [2.75, 3.05) is 9.80 Å². The van der Waals surface area contributed by atoms with E-state index in [0.717, 1.165) is 0 Å². The fraction of sp³-hybridized carbons (Fsp3) is 0.273. The highest BCUT2D eigenvalue weighted by atomic mass is 32.1. The third-order valence-corrected chi connectivity index (χ3v) is 16.2. The van der Waals surface area contributed by atoms with Crippen molar-refractivity contribution in [2.24, 2.45) is 0 Å². The predicted octanol–water partition coefficient (Wildman–Crippen LogP) is 14.4. The van der Waals surface area contributed by atoms with Crippen molar-refractivity contribution in [3.05, 3.63) is 149 Å². The molecule has 0 saturated carbocycles. The topological polar surface area (TPSA) is 6.48 Å². The lowest BCUT2D eigenvalue weighted by molar-refractivity contribution is 0.590. The van der Waals surface area contributed by atoms with Gasteiger partial charge < -0.3 is 9.80 Å². The number of fused-ring (bicyclic) bond motifs is 11. The average Bonchev–Trinajstić information content (AvgIpc) is 3.84. The van der Waals surface area contributed by atoms with E-state index in [1.54, 1.807) is 0 Å². The Kier molecular flexibility index (Phi) is 7.88. The van der Waals surface area contributed by atoms with Gasteiger partial charge in [0.25, 0.3) is 6.71 Å². The molecule has 1 aliphatic carbocycles. The van der Waals surface area contributed by atoms with Crippen molar-refractivity contribution >= 4 is 98.7 Å². The highest BCUT2D eigenvalue weighted by molar-refractivity contribution is 7.40. The first-order valence-electron chi connectivity index (χ1n) is 21.6. The second-order valence-corrected chi connectivity index (χ2v) is 23.2. The molecule has 6 aromatic carbocycles. The highest BCUT2D eigenvalue weighted by Crippen LogP contribution is 2.55. The zero-order valence-corrected chi connectivity index (χ0v) is 38.5. The van der Waals surface area contributed by atoms with Gasteiger partial charge in [0.1, 0.15) is 0 Å². The maximum Gasteiger partial charge on any atom is 0.277 e. The van der Waals surface area contributed by atoms with E-state index in [1.165, 1.54) is 108 Å². The molecule has 11 rings (SSSR count). The Hall–Kier alpha value is -5.10. The summed E-state index contributed by atoms with van der Waals surface area (Å²) in [6.07, 6.45) is 0. The van der Waals surface area contributed by atoms with E-state index in [9.17, 15) is 0 Å². The van der Waals surface area contributed by atoms with Crippen LogP contribution in [0.2, 0.25) is 0 Å². The van der Waals surface area contributed by atoms with Crippen molar-refractivity contribution in [3.63, 3.8) is 0 Å². The van der Waals surface area contributed by atoms with Crippen LogP contribution in [-0.4, -0.2) is 6.71 Å². The monoisotopic (exact) mass is 816 g/mol. The summed E-state index contributed by atoms with van der Waals surface area (Å²) in [4.78, 5) is 5.22. The highest BCUT2D eigenvalue weighted by Gasteiger charge is 2.47. The van der Waals surface area contributed by atoms with Gasteiger partial charge in [-0.25, -0.2) is 0 Å². The summed E-state index contributed by atoms with van der Waals surface area (Å²) >= 11 is 4.02. The van der Waals surface area contributed by atoms with Gasteiger partial charge in [-0.05, 0) is 121 Å². The predicted molar refractivity (Wildman–Crippen MR) is 265 cm³/mol. The average molecular weight is 817 g/mol. The molecule has 4 heterocycles. The van der Waals surface area contributed by atoms with Gasteiger partial charge in [-0.2, -0.15) is 0 Å². The van der Waals surface area contributed by atoms with Crippen LogP contribution in [0, 0.1) is 0 Å². The van der Waals surface area contributed by atoms with E-state index in [1.807, 2.05) is 22.7 Å². The summed E-state index contributed by atoms with van der Waals surface area (Å²) in [6, 6.07) is 47.3. The van der Waals surface area contributed by atoms with Crippen LogP contribution in [0.25, 0.3) is 31.3 Å². The summed E-state index contributed by atoms with van der Waals surface area (Å²) in [5.74, 6) is 0. The Balaban J connectivity index is 1.24. The van der Waals surface area contributed by atoms with Crippen LogP contribution in [0.4, 0.5) is 34.1 Å². The van der Waals surface area contributed by atoms with Gasteiger partial charge in [0.15, 0.2) is 0 Å². The maximum absolute atomic E-state index is 2.62. The molecule has 0 atom stereocenters. The molecule has 0 amide bonds. The molecule has 60 heavy (non-hydrogen) atoms. The summed E-state index contributed by atoms with van der Waals surface area (Å²) in [6.45, 7) is 25.7. The lowest BCUT2D eigenvalue weighted by Crippen LogP contribution is -2.59. The number of anilines is 6. The van der Waals surface area contributed by atoms with E-state index in [2.05, 4.69) is 207 Å². The fourth-order valence-corrected chi connectivity index (χ4v) is 13.0. The van der Waals surface area contributed by atoms with Crippen LogP contribution in [-0.2, 0) is 21.7 Å². The lowest BCUT2D eigenvalue weighted by atomic mass is 9.39. The number of benzene rings is 6. The number of thiophene rings is 2. The Bertz CT molecular complexity index is 3070. The molecule has 0 unspecified atom stereocenters. The van der Waals surface area contributed by atoms with Gasteiger partial charge >= 0.3 is 0 Å². The normalized spacial score (nSPS) is 15.3. The lowest BCUT2D eigenvalue weighted by Gasteiger charge is -2.42. The molecule has 298 valence electrons. The molecule has 0 radical (unpaired) electrons. The molecular weight excluding hydrogens is 764 g/mol. The van der Waals surface area contributed by atoms with Crippen LogP contribution in [0.3, 0.4) is 0 Å². The van der Waals surface area contributed by atoms with Gasteiger partial charge in [-0.1, -0.05) is 137 Å². The second kappa shape index (κ2) is 12.5. The van der Waals surface area contributed by atoms with Crippen LogP contribution in [0.5, 0.6) is 0 Å². The zero-order valence-electron chi connectivity index (χ0n) is 36.8. The van der Waals surface area contributed by atoms with E-state index in [0.29, 0.717) is 0 Å². The van der Waals surface area contributed by atoms with Crippen molar-refractivity contribution in [2.45, 2.75) is 97.8 Å². The van der Waals surface area contributed by atoms with Crippen molar-refractivity contribution in [3.8, 4) is 11.1 Å². The van der Waals surface area contributed by atoms with Gasteiger partial charge in [0.2, 0.25) is 0 Å². The molecule has 2 aromatic heterocycles. The molecule has 0 saturated heterocycles. The standard InChI is InChI=1S/C55H53BN2S2/c1-52(2,3)32-19-24-35(25-20-32)57-43-17-14-18-44-47(43)56(50-48(57)39-29-34(54(7,8)9)23-28-45(39)59-50)51-49(58(44)36-26-21-33(22-27-36)53(4,5)6)40-30-38-37-15-12-13-16-41(37)55(10,11)42(38)31-46(40)60-51/h12-31H,1-11H3. The molecule has 2 aliphatic heterocycles. The van der Waals surface area contributed by atoms with E-state index >= 15 is 0 Å². The van der Waals surface area contributed by atoms with Gasteiger partial charge in [0, 0.05) is 57.9 Å². The molecule has 3 aliphatic rings. The van der Waals surface area contributed by atoms with Crippen LogP contribution in [0.1, 0.15) is 104 Å². The van der Waals surface area contributed by atoms with Crippen LogP contribution < -0.4 is 24.8 Å². The molecule has 0 fully saturated rings. The Morgan fingerprint density at radius 2 is 0.967 bits per heavy atom. The molecule has 8 aromatic rings. The third kappa shape index (κ3) is 5.37. The minimum absolute atomic E-state index is 0.0290. The van der Waals surface area contributed by atoms with Crippen molar-refractivity contribution in [1.82, 2.24) is 0 Å². The molecular formula is C55H53BN2S2. The third-order valence-electron chi connectivity index (χ3n) is 13.7. The SMILES string of the molecule is CC(C)(C)c1ccc(N2c3cccc4c3B(c3sc5ccc(C(C)(C)C)cc5c32)c2sc3cc5c(cc3c2N4c2ccc(C(C)(C)C)cc2)-c2ccccc2C5(C)C)cc1. The smallest absolute Gasteiger partial charge is 0.277 e. The molecule has 0 N–H and O–H groups in total. The molecule has 2 nitrogen and oxygen atoms in total. The minimum Gasteiger partial charge on any atom is -0.310 e. The number of rotatable bonds is 2. The first-order chi connectivity index (χ1) is 28.4. The summed E-state index contributed by atoms with van der Waals surface area (Å²) in [5, 5.41) is 2.69. The summed E-state index contributed by atoms with van der Waals surface area (Å²) < 4.78 is 5.58. The number of hydrogen-bond donors (Lipinski definition) is 0. The zero-order chi connectivity index (χ0) is 41.8. The van der Waals surface area contributed by atoms with Gasteiger partial charge in [-0.3, -0.25) is 0 Å². The quantitative estimate of drug-likeness (QED) is 0.160. The van der Waals surface area contributed by atoms with E-state index in [4.69, 9.17) is 0 Å². The summed E-state index contributed by atoms with van der Waals surface area (Å²) in [5.41, 5.74) is 18.7. The van der Waals surface area contributed by atoms with E-state index < -0.39 is 0 Å². The Morgan fingerprint density at radius 1 is 0.467 bits per heavy atom. The molecule has 0 bridgehead atoms. The Morgan fingerprint density at radius 3 is 1.52 bits per heavy atom. The maximum atomic E-state index is 2.62. The Labute approximate surface area is 364 Å². The largest absolute Gasteiger partial charge is 0.310 e. The first-order valence-corrected chi connectivity index (χ1v) is 23.3. The molecule has 0 spiro atoms. The van der Waals surface area contributed by atoms with E-state index in [-0.39, 0.29) is 28.4 Å². The fourth-order valence-electron chi connectivity index (χ4n) is 10.3. The second-order valence-electron chi connectivity index (χ2n) is 21.1. The van der Waals surface area contributed by atoms with Gasteiger partial charge in [0.05, 0.1) is 11.4 Å². The van der Waals surface area contributed by atoms with Gasteiger partial charge in [-0.15, -0.1) is 22.7 Å². The summed E-state index contributed by atoms with van der Waals surface area (Å²) in [7, 11) is 0. The first kappa shape index (κ1) is 37.9. The minimum atomic E-state index is -0.0689. The van der Waals surface area contributed by atoms with Crippen molar-refractivity contribution in [1.29, 1.82) is 0 Å². The van der Waals surface area contributed by atoms with Crippen molar-refractivity contribution < 1.29 is 0 Å². The molecule has 5 heteroatoms.